The average molecular weight is 324 g/mol. The number of hydrogen-bond donors (Lipinski definition) is 0. The van der Waals surface area contributed by atoms with Crippen molar-refractivity contribution in [3.63, 3.8) is 0 Å². The van der Waals surface area contributed by atoms with Crippen LogP contribution < -0.4 is 0 Å². The van der Waals surface area contributed by atoms with Gasteiger partial charge in [-0.05, 0) is 38.2 Å². The van der Waals surface area contributed by atoms with Crippen LogP contribution in [0.1, 0.15) is 21.0 Å². The molecule has 0 radical (unpaired) electrons. The summed E-state index contributed by atoms with van der Waals surface area (Å²) in [5.41, 5.74) is 2.77. The van der Waals surface area contributed by atoms with E-state index in [0.29, 0.717) is 5.92 Å². The summed E-state index contributed by atoms with van der Waals surface area (Å²) in [5, 5.41) is 2.20. The first-order valence-corrected chi connectivity index (χ1v) is 8.14. The quantitative estimate of drug-likeness (QED) is 0.735. The highest BCUT2D eigenvalue weighted by molar-refractivity contribution is 9.09. The Balaban J connectivity index is 2.01. The van der Waals surface area contributed by atoms with Gasteiger partial charge in [-0.1, -0.05) is 45.8 Å². The van der Waals surface area contributed by atoms with Crippen LogP contribution in [0.25, 0.3) is 0 Å². The fraction of sp³-hybridized carbons (Fsp3) is 0.400. The molecule has 1 heterocycles. The Morgan fingerprint density at radius 1 is 1.28 bits per heavy atom. The van der Waals surface area contributed by atoms with Gasteiger partial charge in [0.15, 0.2) is 0 Å². The SMILES string of the molecule is Cc1cccc(CC(CBr)Cc2cnc(C)s2)c1. The lowest BCUT2D eigenvalue weighted by Crippen LogP contribution is -2.09. The van der Waals surface area contributed by atoms with E-state index in [1.54, 1.807) is 0 Å². The summed E-state index contributed by atoms with van der Waals surface area (Å²) in [7, 11) is 0. The number of benzene rings is 1. The third-order valence-electron chi connectivity index (χ3n) is 2.98. The Morgan fingerprint density at radius 3 is 2.72 bits per heavy atom. The highest BCUT2D eigenvalue weighted by atomic mass is 79.9. The van der Waals surface area contributed by atoms with Gasteiger partial charge in [0.05, 0.1) is 5.01 Å². The Labute approximate surface area is 121 Å². The number of thiazole rings is 1. The summed E-state index contributed by atoms with van der Waals surface area (Å²) in [6, 6.07) is 8.81. The molecule has 0 aliphatic heterocycles. The molecule has 0 saturated carbocycles. The largest absolute Gasteiger partial charge is 0.250 e. The van der Waals surface area contributed by atoms with Crippen LogP contribution in [-0.2, 0) is 12.8 Å². The van der Waals surface area contributed by atoms with E-state index >= 15 is 0 Å². The zero-order valence-corrected chi connectivity index (χ0v) is 13.2. The lowest BCUT2D eigenvalue weighted by Gasteiger charge is -2.13. The standard InChI is InChI=1S/C15H18BrNS/c1-11-4-3-5-13(6-11)7-14(9-16)8-15-10-17-12(2)18-15/h3-6,10,14H,7-9H2,1-2H3. The van der Waals surface area contributed by atoms with Crippen molar-refractivity contribution in [1.29, 1.82) is 0 Å². The smallest absolute Gasteiger partial charge is 0.0896 e. The molecular formula is C15H18BrNS. The molecule has 1 unspecified atom stereocenters. The van der Waals surface area contributed by atoms with Crippen molar-refractivity contribution in [3.05, 3.63) is 51.5 Å². The molecule has 0 saturated heterocycles. The molecule has 0 bridgehead atoms. The molecule has 1 aromatic heterocycles. The highest BCUT2D eigenvalue weighted by Crippen LogP contribution is 2.21. The molecule has 18 heavy (non-hydrogen) atoms. The maximum atomic E-state index is 4.33. The minimum Gasteiger partial charge on any atom is -0.250 e. The number of halogens is 1. The second kappa shape index (κ2) is 6.48. The van der Waals surface area contributed by atoms with E-state index in [9.17, 15) is 0 Å². The number of nitrogens with zero attached hydrogens (tertiary/aromatic N) is 1. The van der Waals surface area contributed by atoms with Crippen LogP contribution in [0.5, 0.6) is 0 Å². The monoisotopic (exact) mass is 323 g/mol. The zero-order valence-electron chi connectivity index (χ0n) is 10.8. The number of aromatic nitrogens is 1. The van der Waals surface area contributed by atoms with Gasteiger partial charge in [0.2, 0.25) is 0 Å². The fourth-order valence-electron chi connectivity index (χ4n) is 2.14. The normalized spacial score (nSPS) is 12.6. The van der Waals surface area contributed by atoms with Crippen molar-refractivity contribution in [3.8, 4) is 0 Å². The Bertz CT molecular complexity index is 507. The van der Waals surface area contributed by atoms with Gasteiger partial charge < -0.3 is 0 Å². The maximum Gasteiger partial charge on any atom is 0.0896 e. The van der Waals surface area contributed by atoms with Crippen LogP contribution >= 0.6 is 27.3 Å². The molecule has 2 aromatic rings. The third-order valence-corrected chi connectivity index (χ3v) is 4.83. The van der Waals surface area contributed by atoms with Crippen LogP contribution in [0.15, 0.2) is 30.5 Å². The molecule has 0 fully saturated rings. The van der Waals surface area contributed by atoms with Crippen molar-refractivity contribution in [2.45, 2.75) is 26.7 Å². The van der Waals surface area contributed by atoms with Crippen LogP contribution in [0.3, 0.4) is 0 Å². The van der Waals surface area contributed by atoms with Gasteiger partial charge in [0.25, 0.3) is 0 Å². The van der Waals surface area contributed by atoms with Gasteiger partial charge >= 0.3 is 0 Å². The van der Waals surface area contributed by atoms with Crippen molar-refractivity contribution < 1.29 is 0 Å². The van der Waals surface area contributed by atoms with Crippen molar-refractivity contribution in [2.75, 3.05) is 5.33 Å². The van der Waals surface area contributed by atoms with E-state index in [-0.39, 0.29) is 0 Å². The summed E-state index contributed by atoms with van der Waals surface area (Å²) >= 11 is 5.45. The minimum absolute atomic E-state index is 0.645. The Hall–Kier alpha value is -0.670. The van der Waals surface area contributed by atoms with Crippen molar-refractivity contribution in [1.82, 2.24) is 4.98 Å². The Morgan fingerprint density at radius 2 is 2.11 bits per heavy atom. The number of hydrogen-bond acceptors (Lipinski definition) is 2. The highest BCUT2D eigenvalue weighted by Gasteiger charge is 2.11. The average Bonchev–Trinajstić information content (AvgIpc) is 2.74. The first-order chi connectivity index (χ1) is 8.67. The molecule has 2 rings (SSSR count). The van der Waals surface area contributed by atoms with Crippen LogP contribution in [-0.4, -0.2) is 10.3 Å². The maximum absolute atomic E-state index is 4.33. The first-order valence-electron chi connectivity index (χ1n) is 6.20. The van der Waals surface area contributed by atoms with Crippen LogP contribution in [0.4, 0.5) is 0 Å². The predicted octanol–water partition coefficient (Wildman–Crippen LogP) is 4.56. The van der Waals surface area contributed by atoms with Gasteiger partial charge in [-0.3, -0.25) is 0 Å². The van der Waals surface area contributed by atoms with E-state index in [0.717, 1.165) is 23.2 Å². The second-order valence-corrected chi connectivity index (χ2v) is 6.73. The van der Waals surface area contributed by atoms with E-state index in [1.165, 1.54) is 16.0 Å². The number of alkyl halides is 1. The molecule has 1 nitrogen and oxygen atoms in total. The van der Waals surface area contributed by atoms with Gasteiger partial charge in [0, 0.05) is 16.4 Å². The molecule has 1 aromatic carbocycles. The molecule has 3 heteroatoms. The van der Waals surface area contributed by atoms with Gasteiger partial charge in [-0.15, -0.1) is 11.3 Å². The molecule has 0 amide bonds. The molecule has 0 aliphatic carbocycles. The molecule has 1 atom stereocenters. The summed E-state index contributed by atoms with van der Waals surface area (Å²) in [6.07, 6.45) is 4.26. The minimum atomic E-state index is 0.645. The summed E-state index contributed by atoms with van der Waals surface area (Å²) < 4.78 is 0. The number of aryl methyl sites for hydroxylation is 2. The Kier molecular flexibility index (Phi) is 4.95. The summed E-state index contributed by atoms with van der Waals surface area (Å²) in [5.74, 6) is 0.645. The summed E-state index contributed by atoms with van der Waals surface area (Å²) in [4.78, 5) is 5.72. The van der Waals surface area contributed by atoms with Crippen LogP contribution in [0, 0.1) is 19.8 Å². The molecular weight excluding hydrogens is 306 g/mol. The van der Waals surface area contributed by atoms with E-state index in [4.69, 9.17) is 0 Å². The molecule has 0 aliphatic rings. The van der Waals surface area contributed by atoms with Crippen molar-refractivity contribution >= 4 is 27.3 Å². The van der Waals surface area contributed by atoms with Crippen molar-refractivity contribution in [2.24, 2.45) is 5.92 Å². The fourth-order valence-corrected chi connectivity index (χ4v) is 3.51. The van der Waals surface area contributed by atoms with E-state index in [2.05, 4.69) is 59.0 Å². The van der Waals surface area contributed by atoms with Gasteiger partial charge in [-0.2, -0.15) is 0 Å². The third kappa shape index (κ3) is 3.92. The molecule has 96 valence electrons. The second-order valence-electron chi connectivity index (χ2n) is 4.76. The zero-order chi connectivity index (χ0) is 13.0. The lowest BCUT2D eigenvalue weighted by molar-refractivity contribution is 0.596. The lowest BCUT2D eigenvalue weighted by atomic mass is 9.97. The van der Waals surface area contributed by atoms with Gasteiger partial charge in [0.1, 0.15) is 0 Å². The predicted molar refractivity (Wildman–Crippen MR) is 82.7 cm³/mol. The molecule has 0 N–H and O–H groups in total. The first kappa shape index (κ1) is 13.8. The molecule has 0 spiro atoms. The number of rotatable bonds is 5. The topological polar surface area (TPSA) is 12.9 Å². The summed E-state index contributed by atoms with van der Waals surface area (Å²) in [6.45, 7) is 4.22. The van der Waals surface area contributed by atoms with Gasteiger partial charge in [-0.25, -0.2) is 4.98 Å². The van der Waals surface area contributed by atoms with E-state index < -0.39 is 0 Å². The van der Waals surface area contributed by atoms with Crippen LogP contribution in [0.2, 0.25) is 0 Å². The van der Waals surface area contributed by atoms with E-state index in [1.807, 2.05) is 17.5 Å².